The maximum Gasteiger partial charge on any atom is 0.319 e. The number of anilines is 1. The summed E-state index contributed by atoms with van der Waals surface area (Å²) in [5.74, 6) is 0. The fourth-order valence-electron chi connectivity index (χ4n) is 2.50. The Morgan fingerprint density at radius 1 is 1.21 bits per heavy atom. The highest BCUT2D eigenvalue weighted by Gasteiger charge is 2.06. The van der Waals surface area contributed by atoms with Crippen molar-refractivity contribution < 1.29 is 4.79 Å². The minimum Gasteiger partial charge on any atom is -0.338 e. The van der Waals surface area contributed by atoms with Crippen LogP contribution in [0.3, 0.4) is 0 Å². The van der Waals surface area contributed by atoms with Crippen LogP contribution in [-0.2, 0) is 6.54 Å². The maximum absolute atomic E-state index is 11.9. The zero-order chi connectivity index (χ0) is 16.9. The van der Waals surface area contributed by atoms with E-state index in [1.807, 2.05) is 49.1 Å². The first-order valence-corrected chi connectivity index (χ1v) is 8.13. The van der Waals surface area contributed by atoms with E-state index in [1.165, 1.54) is 0 Å². The maximum atomic E-state index is 11.9. The van der Waals surface area contributed by atoms with Crippen molar-refractivity contribution in [2.24, 2.45) is 0 Å². The highest BCUT2D eigenvalue weighted by molar-refractivity contribution is 5.88. The number of benzene rings is 1. The summed E-state index contributed by atoms with van der Waals surface area (Å²) in [5, 5.41) is 15.3. The van der Waals surface area contributed by atoms with Crippen LogP contribution >= 0.6 is 0 Å². The van der Waals surface area contributed by atoms with Gasteiger partial charge in [0, 0.05) is 30.7 Å². The van der Waals surface area contributed by atoms with E-state index in [0.717, 1.165) is 23.9 Å². The molecule has 7 heteroatoms. The SMILES string of the molecule is CC(C)n1cc(NC(=O)NCCCn2ncc3ccccc32)cn1. The quantitative estimate of drug-likeness (QED) is 0.684. The van der Waals surface area contributed by atoms with Gasteiger partial charge in [-0.05, 0) is 26.3 Å². The van der Waals surface area contributed by atoms with Crippen LogP contribution in [0.1, 0.15) is 26.3 Å². The average Bonchev–Trinajstić information content (AvgIpc) is 3.19. The van der Waals surface area contributed by atoms with Gasteiger partial charge in [-0.1, -0.05) is 18.2 Å². The van der Waals surface area contributed by atoms with E-state index in [0.29, 0.717) is 12.2 Å². The van der Waals surface area contributed by atoms with Crippen molar-refractivity contribution in [1.82, 2.24) is 24.9 Å². The molecule has 0 atom stereocenters. The molecule has 0 unspecified atom stereocenters. The Labute approximate surface area is 140 Å². The topological polar surface area (TPSA) is 76.8 Å². The van der Waals surface area contributed by atoms with Crippen molar-refractivity contribution in [3.63, 3.8) is 0 Å². The molecule has 0 bridgehead atoms. The second-order valence-corrected chi connectivity index (χ2v) is 5.96. The molecule has 0 radical (unpaired) electrons. The molecule has 0 aliphatic carbocycles. The lowest BCUT2D eigenvalue weighted by molar-refractivity contribution is 0.251. The third kappa shape index (κ3) is 3.73. The first-order chi connectivity index (χ1) is 11.6. The van der Waals surface area contributed by atoms with Gasteiger partial charge in [0.05, 0.1) is 23.6 Å². The molecule has 0 saturated heterocycles. The van der Waals surface area contributed by atoms with Gasteiger partial charge in [0.2, 0.25) is 0 Å². The second-order valence-electron chi connectivity index (χ2n) is 5.96. The molecule has 0 aliphatic heterocycles. The van der Waals surface area contributed by atoms with E-state index in [4.69, 9.17) is 0 Å². The number of urea groups is 1. The van der Waals surface area contributed by atoms with Crippen LogP contribution in [-0.4, -0.2) is 32.1 Å². The zero-order valence-corrected chi connectivity index (χ0v) is 13.9. The summed E-state index contributed by atoms with van der Waals surface area (Å²) in [6.45, 7) is 5.42. The molecular weight excluding hydrogens is 304 g/mol. The molecule has 3 aromatic rings. The zero-order valence-electron chi connectivity index (χ0n) is 13.9. The van der Waals surface area contributed by atoms with Gasteiger partial charge in [-0.2, -0.15) is 10.2 Å². The number of carbonyl (C=O) groups excluding carboxylic acids is 1. The minimum atomic E-state index is -0.219. The number of carbonyl (C=O) groups is 1. The van der Waals surface area contributed by atoms with Gasteiger partial charge in [-0.25, -0.2) is 4.79 Å². The third-order valence-electron chi connectivity index (χ3n) is 3.77. The molecule has 3 rings (SSSR count). The predicted octanol–water partition coefficient (Wildman–Crippen LogP) is 3.03. The molecule has 2 heterocycles. The standard InChI is InChI=1S/C17H22N6O/c1-13(2)23-12-15(11-20-23)21-17(24)18-8-5-9-22-16-7-4-3-6-14(16)10-19-22/h3-4,6-7,10-13H,5,8-9H2,1-2H3,(H2,18,21,24). The number of nitrogens with one attached hydrogen (secondary N) is 2. The number of aryl methyl sites for hydroxylation is 1. The minimum absolute atomic E-state index is 0.219. The summed E-state index contributed by atoms with van der Waals surface area (Å²) in [5.41, 5.74) is 1.81. The highest BCUT2D eigenvalue weighted by Crippen LogP contribution is 2.12. The summed E-state index contributed by atoms with van der Waals surface area (Å²) < 4.78 is 3.76. The Kier molecular flexibility index (Phi) is 4.79. The molecule has 2 aromatic heterocycles. The van der Waals surface area contributed by atoms with Crippen LogP contribution in [0.4, 0.5) is 10.5 Å². The average molecular weight is 326 g/mol. The predicted molar refractivity (Wildman–Crippen MR) is 94.0 cm³/mol. The Hall–Kier alpha value is -2.83. The van der Waals surface area contributed by atoms with E-state index < -0.39 is 0 Å². The van der Waals surface area contributed by atoms with Crippen LogP contribution in [0.15, 0.2) is 42.9 Å². The molecule has 24 heavy (non-hydrogen) atoms. The highest BCUT2D eigenvalue weighted by atomic mass is 16.2. The van der Waals surface area contributed by atoms with Crippen LogP contribution in [0.2, 0.25) is 0 Å². The van der Waals surface area contributed by atoms with Crippen molar-refractivity contribution in [3.05, 3.63) is 42.9 Å². The van der Waals surface area contributed by atoms with E-state index in [9.17, 15) is 4.79 Å². The van der Waals surface area contributed by atoms with Gasteiger partial charge in [-0.3, -0.25) is 9.36 Å². The summed E-state index contributed by atoms with van der Waals surface area (Å²) in [4.78, 5) is 11.9. The fourth-order valence-corrected chi connectivity index (χ4v) is 2.50. The Balaban J connectivity index is 1.43. The number of hydrogen-bond acceptors (Lipinski definition) is 3. The van der Waals surface area contributed by atoms with Gasteiger partial charge in [0.15, 0.2) is 0 Å². The van der Waals surface area contributed by atoms with Gasteiger partial charge >= 0.3 is 6.03 Å². The number of rotatable bonds is 6. The smallest absolute Gasteiger partial charge is 0.319 e. The molecule has 7 nitrogen and oxygen atoms in total. The van der Waals surface area contributed by atoms with Crippen LogP contribution < -0.4 is 10.6 Å². The van der Waals surface area contributed by atoms with E-state index in [-0.39, 0.29) is 12.1 Å². The van der Waals surface area contributed by atoms with Gasteiger partial charge in [0.1, 0.15) is 0 Å². The number of hydrogen-bond donors (Lipinski definition) is 2. The molecule has 2 amide bonds. The number of para-hydroxylation sites is 1. The summed E-state index contributed by atoms with van der Waals surface area (Å²) >= 11 is 0. The van der Waals surface area contributed by atoms with Crippen molar-refractivity contribution >= 4 is 22.6 Å². The Morgan fingerprint density at radius 2 is 2.04 bits per heavy atom. The molecule has 126 valence electrons. The molecule has 0 spiro atoms. The van der Waals surface area contributed by atoms with Crippen molar-refractivity contribution in [2.45, 2.75) is 32.9 Å². The van der Waals surface area contributed by atoms with Gasteiger partial charge in [-0.15, -0.1) is 0 Å². The summed E-state index contributed by atoms with van der Waals surface area (Å²) in [7, 11) is 0. The van der Waals surface area contributed by atoms with E-state index >= 15 is 0 Å². The molecule has 1 aromatic carbocycles. The van der Waals surface area contributed by atoms with Crippen molar-refractivity contribution in [2.75, 3.05) is 11.9 Å². The first kappa shape index (κ1) is 16.0. The van der Waals surface area contributed by atoms with Crippen molar-refractivity contribution in [1.29, 1.82) is 0 Å². The lowest BCUT2D eigenvalue weighted by Crippen LogP contribution is -2.30. The molecular formula is C17H22N6O. The number of fused-ring (bicyclic) bond motifs is 1. The number of nitrogens with zero attached hydrogens (tertiary/aromatic N) is 4. The van der Waals surface area contributed by atoms with Crippen LogP contribution in [0.5, 0.6) is 0 Å². The lowest BCUT2D eigenvalue weighted by atomic mass is 10.2. The second kappa shape index (κ2) is 7.16. The van der Waals surface area contributed by atoms with Crippen LogP contribution in [0, 0.1) is 0 Å². The van der Waals surface area contributed by atoms with E-state index in [2.05, 4.69) is 26.9 Å². The molecule has 2 N–H and O–H groups in total. The lowest BCUT2D eigenvalue weighted by Gasteiger charge is -2.07. The fraction of sp³-hybridized carbons (Fsp3) is 0.353. The number of aromatic nitrogens is 4. The Bertz CT molecular complexity index is 819. The van der Waals surface area contributed by atoms with Gasteiger partial charge in [0.25, 0.3) is 0 Å². The first-order valence-electron chi connectivity index (χ1n) is 8.13. The summed E-state index contributed by atoms with van der Waals surface area (Å²) in [6.07, 6.45) is 6.14. The number of amides is 2. The summed E-state index contributed by atoms with van der Waals surface area (Å²) in [6, 6.07) is 8.15. The Morgan fingerprint density at radius 3 is 2.83 bits per heavy atom. The third-order valence-corrected chi connectivity index (χ3v) is 3.77. The monoisotopic (exact) mass is 326 g/mol. The molecule has 0 aliphatic rings. The van der Waals surface area contributed by atoms with E-state index in [1.54, 1.807) is 10.9 Å². The van der Waals surface area contributed by atoms with Gasteiger partial charge < -0.3 is 10.6 Å². The molecule has 0 saturated carbocycles. The largest absolute Gasteiger partial charge is 0.338 e. The normalized spacial score (nSPS) is 11.1. The van der Waals surface area contributed by atoms with Crippen molar-refractivity contribution in [3.8, 4) is 0 Å². The van der Waals surface area contributed by atoms with Crippen LogP contribution in [0.25, 0.3) is 10.9 Å². The molecule has 0 fully saturated rings.